The van der Waals surface area contributed by atoms with Crippen molar-refractivity contribution in [2.24, 2.45) is 11.5 Å². The predicted octanol–water partition coefficient (Wildman–Crippen LogP) is -1.03. The normalized spacial score (nSPS) is 14.9. The lowest BCUT2D eigenvalue weighted by molar-refractivity contribution is -0.139. The number of nitrogens with zero attached hydrogens (tertiary/aromatic N) is 1. The van der Waals surface area contributed by atoms with Crippen LogP contribution in [0, 0.1) is 0 Å². The molecule has 0 fully saturated rings. The Morgan fingerprint density at radius 3 is 2.47 bits per heavy atom. The molecule has 0 aliphatic carbocycles. The van der Waals surface area contributed by atoms with Gasteiger partial charge in [-0.25, -0.2) is 0 Å². The summed E-state index contributed by atoms with van der Waals surface area (Å²) in [5.41, 5.74) is 13.8. The molecule has 0 saturated carbocycles. The van der Waals surface area contributed by atoms with E-state index in [2.05, 4.69) is 5.32 Å². The second-order valence-corrected chi connectivity index (χ2v) is 3.62. The van der Waals surface area contributed by atoms with Crippen LogP contribution >= 0.6 is 0 Å². The van der Waals surface area contributed by atoms with Crippen molar-refractivity contribution in [1.29, 1.82) is 0 Å². The third kappa shape index (κ3) is 5.20. The summed E-state index contributed by atoms with van der Waals surface area (Å²) in [5, 5.41) is 21.5. The van der Waals surface area contributed by atoms with E-state index in [1.165, 1.54) is 0 Å². The zero-order chi connectivity index (χ0) is 12.7. The quantitative estimate of drug-likeness (QED) is 0.267. The van der Waals surface area contributed by atoms with E-state index in [-0.39, 0.29) is 0 Å². The Kier molecular flexibility index (Phi) is 6.01. The molecular formula is C10H19N5O2. The molecule has 0 heterocycles. The minimum absolute atomic E-state index is 0.357. The average molecular weight is 241 g/mol. The van der Waals surface area contributed by atoms with Gasteiger partial charge in [-0.15, -0.1) is 0 Å². The molecule has 7 nitrogen and oxygen atoms in total. The Hall–Kier alpha value is -1.06. The topological polar surface area (TPSA) is 120 Å². The highest BCUT2D eigenvalue weighted by atomic mass is 16.5. The highest BCUT2D eigenvalue weighted by molar-refractivity contribution is 5.14. The van der Waals surface area contributed by atoms with Crippen molar-refractivity contribution < 1.29 is 10.4 Å². The molecule has 1 rings (SSSR count). The van der Waals surface area contributed by atoms with Crippen LogP contribution < -0.4 is 22.3 Å². The summed E-state index contributed by atoms with van der Waals surface area (Å²) in [7, 11) is 0. The standard InChI is InChI=1S/C10H19N5O2/c11-9(14-16)13-10(12)15(17)7-6-8-4-2-1-3-5-8/h1-5,9-10,13-14,16-17H,6-7,11-12H2. The Morgan fingerprint density at radius 2 is 1.88 bits per heavy atom. The van der Waals surface area contributed by atoms with Crippen molar-refractivity contribution in [3.05, 3.63) is 35.9 Å². The first-order valence-corrected chi connectivity index (χ1v) is 5.29. The van der Waals surface area contributed by atoms with Gasteiger partial charge in [-0.05, 0) is 12.0 Å². The Bertz CT molecular complexity index is 311. The molecule has 1 aromatic carbocycles. The maximum atomic E-state index is 9.60. The number of hydrogen-bond donors (Lipinski definition) is 6. The minimum Gasteiger partial charge on any atom is -0.314 e. The van der Waals surface area contributed by atoms with Gasteiger partial charge in [0.05, 0.1) is 0 Å². The SMILES string of the molecule is NC(NO)NC(N)N(O)CCc1ccccc1. The number of rotatable bonds is 7. The summed E-state index contributed by atoms with van der Waals surface area (Å²) in [4.78, 5) is 0. The molecule has 1 aromatic rings. The summed E-state index contributed by atoms with van der Waals surface area (Å²) in [6.45, 7) is 0.357. The Labute approximate surface area is 99.9 Å². The third-order valence-corrected chi connectivity index (χ3v) is 2.28. The Balaban J connectivity index is 2.31. The van der Waals surface area contributed by atoms with Gasteiger partial charge >= 0.3 is 0 Å². The molecule has 0 radical (unpaired) electrons. The first-order chi connectivity index (χ1) is 8.13. The van der Waals surface area contributed by atoms with Crippen molar-refractivity contribution in [3.63, 3.8) is 0 Å². The molecule has 0 aliphatic rings. The number of nitrogens with two attached hydrogens (primary N) is 2. The van der Waals surface area contributed by atoms with E-state index in [1.807, 2.05) is 30.3 Å². The van der Waals surface area contributed by atoms with E-state index in [4.69, 9.17) is 16.7 Å². The van der Waals surface area contributed by atoms with Crippen LogP contribution in [0.3, 0.4) is 0 Å². The van der Waals surface area contributed by atoms with Gasteiger partial charge in [-0.3, -0.25) is 5.32 Å². The molecule has 0 saturated heterocycles. The zero-order valence-electron chi connectivity index (χ0n) is 9.45. The molecule has 2 unspecified atom stereocenters. The molecule has 0 aliphatic heterocycles. The number of nitrogens with one attached hydrogen (secondary N) is 2. The monoisotopic (exact) mass is 241 g/mol. The summed E-state index contributed by atoms with van der Waals surface area (Å²) < 4.78 is 0. The van der Waals surface area contributed by atoms with Crippen LogP contribution in [0.15, 0.2) is 30.3 Å². The van der Waals surface area contributed by atoms with Gasteiger partial charge in [-0.1, -0.05) is 30.3 Å². The van der Waals surface area contributed by atoms with Crippen LogP contribution in [0.2, 0.25) is 0 Å². The fourth-order valence-corrected chi connectivity index (χ4v) is 1.33. The molecule has 0 spiro atoms. The number of hydroxylamine groups is 3. The van der Waals surface area contributed by atoms with Gasteiger partial charge in [0.15, 0.2) is 0 Å². The Morgan fingerprint density at radius 1 is 1.24 bits per heavy atom. The van der Waals surface area contributed by atoms with Gasteiger partial charge in [0.1, 0.15) is 12.6 Å². The van der Waals surface area contributed by atoms with Crippen molar-refractivity contribution >= 4 is 0 Å². The lowest BCUT2D eigenvalue weighted by Gasteiger charge is -2.25. The number of benzene rings is 1. The van der Waals surface area contributed by atoms with E-state index in [9.17, 15) is 5.21 Å². The van der Waals surface area contributed by atoms with Gasteiger partial charge in [0.2, 0.25) is 0 Å². The lowest BCUT2D eigenvalue weighted by Crippen LogP contribution is -2.60. The molecule has 2 atom stereocenters. The largest absolute Gasteiger partial charge is 0.314 e. The van der Waals surface area contributed by atoms with Crippen LogP contribution in [0.25, 0.3) is 0 Å². The van der Waals surface area contributed by atoms with Crippen LogP contribution in [0.5, 0.6) is 0 Å². The first kappa shape index (κ1) is 14.0. The first-order valence-electron chi connectivity index (χ1n) is 5.29. The summed E-state index contributed by atoms with van der Waals surface area (Å²) >= 11 is 0. The van der Waals surface area contributed by atoms with E-state index in [0.717, 1.165) is 10.6 Å². The van der Waals surface area contributed by atoms with Crippen molar-refractivity contribution in [2.75, 3.05) is 6.54 Å². The molecule has 7 heteroatoms. The van der Waals surface area contributed by atoms with Gasteiger partial charge < -0.3 is 21.9 Å². The maximum absolute atomic E-state index is 9.60. The maximum Gasteiger partial charge on any atom is 0.137 e. The van der Waals surface area contributed by atoms with E-state index in [1.54, 1.807) is 5.48 Å². The molecular weight excluding hydrogens is 222 g/mol. The van der Waals surface area contributed by atoms with Gasteiger partial charge in [0, 0.05) is 6.54 Å². The van der Waals surface area contributed by atoms with E-state index < -0.39 is 12.6 Å². The van der Waals surface area contributed by atoms with Crippen LogP contribution in [-0.4, -0.2) is 34.6 Å². The molecule has 8 N–H and O–H groups in total. The van der Waals surface area contributed by atoms with Crippen LogP contribution in [-0.2, 0) is 6.42 Å². The van der Waals surface area contributed by atoms with Crippen molar-refractivity contribution in [1.82, 2.24) is 15.9 Å². The molecule has 17 heavy (non-hydrogen) atoms. The van der Waals surface area contributed by atoms with Gasteiger partial charge in [-0.2, -0.15) is 10.5 Å². The average Bonchev–Trinajstić information content (AvgIpc) is 2.36. The molecule has 0 amide bonds. The number of hydrogen-bond acceptors (Lipinski definition) is 7. The van der Waals surface area contributed by atoms with Crippen molar-refractivity contribution in [2.45, 2.75) is 19.0 Å². The summed E-state index contributed by atoms with van der Waals surface area (Å²) in [5.74, 6) is 0. The summed E-state index contributed by atoms with van der Waals surface area (Å²) in [6, 6.07) is 9.72. The smallest absolute Gasteiger partial charge is 0.137 e. The molecule has 0 bridgehead atoms. The molecule has 96 valence electrons. The van der Waals surface area contributed by atoms with Gasteiger partial charge in [0.25, 0.3) is 0 Å². The third-order valence-electron chi connectivity index (χ3n) is 2.28. The van der Waals surface area contributed by atoms with Crippen LogP contribution in [0.4, 0.5) is 0 Å². The fourth-order valence-electron chi connectivity index (χ4n) is 1.33. The van der Waals surface area contributed by atoms with Crippen molar-refractivity contribution in [3.8, 4) is 0 Å². The zero-order valence-corrected chi connectivity index (χ0v) is 9.45. The van der Waals surface area contributed by atoms with E-state index >= 15 is 0 Å². The minimum atomic E-state index is -0.892. The fraction of sp³-hybridized carbons (Fsp3) is 0.400. The predicted molar refractivity (Wildman–Crippen MR) is 62.6 cm³/mol. The lowest BCUT2D eigenvalue weighted by atomic mass is 10.1. The second kappa shape index (κ2) is 7.30. The highest BCUT2D eigenvalue weighted by Crippen LogP contribution is 2.00. The summed E-state index contributed by atoms with van der Waals surface area (Å²) in [6.07, 6.45) is -1.08. The highest BCUT2D eigenvalue weighted by Gasteiger charge is 2.13. The second-order valence-electron chi connectivity index (χ2n) is 3.62. The molecule has 0 aromatic heterocycles. The van der Waals surface area contributed by atoms with E-state index in [0.29, 0.717) is 13.0 Å². The van der Waals surface area contributed by atoms with Crippen LogP contribution in [0.1, 0.15) is 5.56 Å².